The van der Waals surface area contributed by atoms with Crippen molar-refractivity contribution in [2.45, 2.75) is 0 Å². The molecule has 1 heterocycles. The third-order valence-electron chi connectivity index (χ3n) is 2.63. The van der Waals surface area contributed by atoms with Crippen LogP contribution in [-0.2, 0) is 0 Å². The second-order valence-electron chi connectivity index (χ2n) is 4.07. The number of aromatic nitrogens is 2. The first-order chi connectivity index (χ1) is 10.6. The van der Waals surface area contributed by atoms with Crippen molar-refractivity contribution in [2.24, 2.45) is 4.99 Å². The van der Waals surface area contributed by atoms with Crippen LogP contribution in [0.15, 0.2) is 33.9 Å². The number of nitrogen functional groups attached to an aromatic ring is 1. The van der Waals surface area contributed by atoms with E-state index < -0.39 is 4.92 Å². The average molecular weight is 307 g/mol. The Morgan fingerprint density at radius 1 is 1.41 bits per heavy atom. The normalized spacial score (nSPS) is 11.2. The van der Waals surface area contributed by atoms with Gasteiger partial charge in [-0.1, -0.05) is 0 Å². The minimum absolute atomic E-state index is 0.00336. The molecule has 0 unspecified atom stereocenters. The van der Waals surface area contributed by atoms with Crippen LogP contribution in [0.3, 0.4) is 0 Å². The zero-order chi connectivity index (χ0) is 15.9. The van der Waals surface area contributed by atoms with Crippen LogP contribution in [0.1, 0.15) is 5.69 Å². The van der Waals surface area contributed by atoms with E-state index in [1.54, 1.807) is 12.1 Å². The molecular formula is C11H13N7O4. The predicted molar refractivity (Wildman–Crippen MR) is 76.6 cm³/mol. The number of nitrogens with one attached hydrogen (secondary N) is 2. The monoisotopic (exact) mass is 307 g/mol. The molecular weight excluding hydrogens is 294 g/mol. The lowest BCUT2D eigenvalue weighted by atomic mass is 10.3. The van der Waals surface area contributed by atoms with E-state index in [2.05, 4.69) is 25.3 Å². The lowest BCUT2D eigenvalue weighted by Crippen LogP contribution is -2.23. The molecule has 0 aliphatic carbocycles. The number of aliphatic imine (C=N–C) groups is 1. The van der Waals surface area contributed by atoms with Crippen molar-refractivity contribution in [2.75, 3.05) is 24.1 Å². The largest absolute Gasteiger partial charge is 0.383 e. The van der Waals surface area contributed by atoms with Crippen LogP contribution in [-0.4, -0.2) is 39.4 Å². The van der Waals surface area contributed by atoms with Gasteiger partial charge in [0.2, 0.25) is 0 Å². The maximum atomic E-state index is 10.5. The molecule has 0 saturated carbocycles. The van der Waals surface area contributed by atoms with Crippen molar-refractivity contribution in [1.29, 1.82) is 0 Å². The van der Waals surface area contributed by atoms with Crippen LogP contribution in [0.4, 0.5) is 17.2 Å². The Hall–Kier alpha value is -3.21. The Bertz CT molecular complexity index is 667. The van der Waals surface area contributed by atoms with E-state index in [0.29, 0.717) is 12.2 Å². The predicted octanol–water partition coefficient (Wildman–Crippen LogP) is 0.397. The van der Waals surface area contributed by atoms with Gasteiger partial charge in [0.25, 0.3) is 5.69 Å². The molecule has 11 nitrogen and oxygen atoms in total. The average Bonchev–Trinajstić information content (AvgIpc) is 2.94. The molecule has 0 amide bonds. The first-order valence-electron chi connectivity index (χ1n) is 6.13. The maximum Gasteiger partial charge on any atom is 0.269 e. The summed E-state index contributed by atoms with van der Waals surface area (Å²) >= 11 is 0. The number of nitro groups is 1. The molecule has 22 heavy (non-hydrogen) atoms. The van der Waals surface area contributed by atoms with Crippen molar-refractivity contribution in [1.82, 2.24) is 15.8 Å². The zero-order valence-electron chi connectivity index (χ0n) is 11.3. The smallest absolute Gasteiger partial charge is 0.269 e. The Balaban J connectivity index is 1.89. The number of anilines is 2. The van der Waals surface area contributed by atoms with Gasteiger partial charge in [0, 0.05) is 24.4 Å². The van der Waals surface area contributed by atoms with Crippen molar-refractivity contribution < 1.29 is 14.8 Å². The highest BCUT2D eigenvalue weighted by Crippen LogP contribution is 2.15. The molecule has 0 bridgehead atoms. The molecule has 0 spiro atoms. The Kier molecular flexibility index (Phi) is 4.82. The molecule has 2 aromatic rings. The molecule has 1 aromatic carbocycles. The number of benzene rings is 1. The molecule has 0 radical (unpaired) electrons. The number of hydrogen-bond acceptors (Lipinski definition) is 9. The molecule has 11 heteroatoms. The third-order valence-corrected chi connectivity index (χ3v) is 2.63. The molecule has 0 atom stereocenters. The molecule has 0 fully saturated rings. The number of hydroxylamine groups is 1. The second-order valence-corrected chi connectivity index (χ2v) is 4.07. The molecule has 0 saturated heterocycles. The maximum absolute atomic E-state index is 10.5. The number of amidine groups is 1. The number of nitro benzene ring substituents is 1. The summed E-state index contributed by atoms with van der Waals surface area (Å²) in [5.74, 6) is 0.0351. The van der Waals surface area contributed by atoms with Gasteiger partial charge in [-0.05, 0) is 22.4 Å². The highest BCUT2D eigenvalue weighted by atomic mass is 16.6. The summed E-state index contributed by atoms with van der Waals surface area (Å²) in [7, 11) is 0. The van der Waals surface area contributed by atoms with Crippen LogP contribution in [0, 0.1) is 10.1 Å². The fourth-order valence-electron chi connectivity index (χ4n) is 1.59. The van der Waals surface area contributed by atoms with Gasteiger partial charge in [0.05, 0.1) is 11.5 Å². The van der Waals surface area contributed by atoms with Crippen LogP contribution in [0.25, 0.3) is 0 Å². The molecule has 5 N–H and O–H groups in total. The number of nitrogens with two attached hydrogens (primary N) is 1. The molecule has 0 aliphatic heterocycles. The van der Waals surface area contributed by atoms with E-state index in [0.717, 1.165) is 0 Å². The standard InChI is InChI=1S/C11H13N7O4/c12-10-9(16-22-17-10)11(15-19)14-6-5-13-7-1-3-8(4-2-7)18(20)21/h1-4,13,19H,5-6H2,(H2,12,17)(H,14,15). The highest BCUT2D eigenvalue weighted by Gasteiger charge is 2.12. The lowest BCUT2D eigenvalue weighted by Gasteiger charge is -2.05. The van der Waals surface area contributed by atoms with Crippen molar-refractivity contribution in [3.05, 3.63) is 40.1 Å². The van der Waals surface area contributed by atoms with Gasteiger partial charge >= 0.3 is 0 Å². The number of non-ortho nitro benzene ring substituents is 1. The Morgan fingerprint density at radius 2 is 2.14 bits per heavy atom. The zero-order valence-corrected chi connectivity index (χ0v) is 11.3. The number of rotatable bonds is 6. The van der Waals surface area contributed by atoms with Gasteiger partial charge in [-0.25, -0.2) is 4.63 Å². The highest BCUT2D eigenvalue weighted by molar-refractivity contribution is 5.99. The van der Waals surface area contributed by atoms with Gasteiger partial charge in [-0.15, -0.1) is 0 Å². The van der Waals surface area contributed by atoms with Crippen molar-refractivity contribution in [3.8, 4) is 0 Å². The first kappa shape index (κ1) is 15.2. The molecule has 0 aliphatic rings. The minimum Gasteiger partial charge on any atom is -0.383 e. The van der Waals surface area contributed by atoms with Crippen LogP contribution in [0.5, 0.6) is 0 Å². The van der Waals surface area contributed by atoms with Crippen molar-refractivity contribution in [3.63, 3.8) is 0 Å². The fourth-order valence-corrected chi connectivity index (χ4v) is 1.59. The van der Waals surface area contributed by atoms with Gasteiger partial charge in [-0.2, -0.15) is 0 Å². The summed E-state index contributed by atoms with van der Waals surface area (Å²) in [4.78, 5) is 14.1. The molecule has 2 rings (SSSR count). The summed E-state index contributed by atoms with van der Waals surface area (Å²) in [6.07, 6.45) is 0. The minimum atomic E-state index is -0.469. The quantitative estimate of drug-likeness (QED) is 0.194. The topological polar surface area (TPSA) is 165 Å². The lowest BCUT2D eigenvalue weighted by molar-refractivity contribution is -0.384. The van der Waals surface area contributed by atoms with E-state index >= 15 is 0 Å². The molecule has 1 aromatic heterocycles. The van der Waals surface area contributed by atoms with Gasteiger partial charge in [-0.3, -0.25) is 25.8 Å². The fraction of sp³-hybridized carbons (Fsp3) is 0.182. The van der Waals surface area contributed by atoms with E-state index in [1.807, 2.05) is 5.48 Å². The van der Waals surface area contributed by atoms with Gasteiger partial charge < -0.3 is 11.1 Å². The number of hydrogen-bond donors (Lipinski definition) is 4. The van der Waals surface area contributed by atoms with E-state index in [9.17, 15) is 10.1 Å². The summed E-state index contributed by atoms with van der Waals surface area (Å²) in [6.45, 7) is 0.709. The van der Waals surface area contributed by atoms with Crippen LogP contribution >= 0.6 is 0 Å². The number of nitrogens with zero attached hydrogens (tertiary/aromatic N) is 4. The summed E-state index contributed by atoms with van der Waals surface area (Å²) in [5.41, 5.74) is 8.19. The van der Waals surface area contributed by atoms with Crippen LogP contribution in [0.2, 0.25) is 0 Å². The van der Waals surface area contributed by atoms with Crippen LogP contribution < -0.4 is 16.5 Å². The summed E-state index contributed by atoms with van der Waals surface area (Å²) in [6, 6.07) is 5.97. The van der Waals surface area contributed by atoms with Crippen molar-refractivity contribution >= 4 is 23.0 Å². The third kappa shape index (κ3) is 3.67. The Morgan fingerprint density at radius 3 is 2.68 bits per heavy atom. The second kappa shape index (κ2) is 6.99. The van der Waals surface area contributed by atoms with E-state index in [-0.39, 0.29) is 29.6 Å². The van der Waals surface area contributed by atoms with E-state index in [1.165, 1.54) is 12.1 Å². The van der Waals surface area contributed by atoms with Gasteiger partial charge in [0.15, 0.2) is 17.3 Å². The Labute approximate surface area is 123 Å². The SMILES string of the molecule is Nc1nonc1C(=NCCNc1ccc([N+](=O)[O-])cc1)NO. The van der Waals surface area contributed by atoms with Gasteiger partial charge in [0.1, 0.15) is 0 Å². The summed E-state index contributed by atoms with van der Waals surface area (Å²) < 4.78 is 4.41. The van der Waals surface area contributed by atoms with E-state index in [4.69, 9.17) is 10.9 Å². The first-order valence-corrected chi connectivity index (χ1v) is 6.13. The molecule has 116 valence electrons. The summed E-state index contributed by atoms with van der Waals surface area (Å²) in [5, 5.41) is 29.4.